The Hall–Kier alpha value is -2.94. The minimum absolute atomic E-state index is 0. The smallest absolute Gasteiger partial charge is 0.243 e. The number of fused-ring (bicyclic) bond motifs is 1. The maximum atomic E-state index is 13.3. The molecular weight excluding hydrogens is 486 g/mol. The average Bonchev–Trinajstić information content (AvgIpc) is 2.87. The number of sulfonamides is 1. The molecule has 2 aromatic carbocycles. The minimum Gasteiger partial charge on any atom is -0.494 e. The molecule has 0 aliphatic carbocycles. The van der Waals surface area contributed by atoms with Crippen LogP contribution in [0.5, 0.6) is 5.75 Å². The summed E-state index contributed by atoms with van der Waals surface area (Å²) in [6, 6.07) is 18.0. The lowest BCUT2D eigenvalue weighted by atomic mass is 10.0. The van der Waals surface area contributed by atoms with Crippen LogP contribution in [0.1, 0.15) is 24.0 Å². The van der Waals surface area contributed by atoms with E-state index in [1.165, 1.54) is 4.31 Å². The highest BCUT2D eigenvalue weighted by Crippen LogP contribution is 2.30. The van der Waals surface area contributed by atoms with E-state index in [4.69, 9.17) is 4.74 Å². The van der Waals surface area contributed by atoms with E-state index in [2.05, 4.69) is 4.98 Å². The summed E-state index contributed by atoms with van der Waals surface area (Å²) < 4.78 is 34.0. The molecule has 0 bridgehead atoms. The molecule has 1 aliphatic heterocycles. The molecule has 3 aromatic rings. The Balaban J connectivity index is 0.00000342. The molecule has 186 valence electrons. The van der Waals surface area contributed by atoms with E-state index < -0.39 is 10.0 Å². The highest BCUT2D eigenvalue weighted by atomic mass is 35.5. The molecule has 9 heteroatoms. The third-order valence-corrected chi connectivity index (χ3v) is 7.88. The number of ether oxygens (including phenoxy) is 1. The molecule has 0 saturated heterocycles. The second-order valence-corrected chi connectivity index (χ2v) is 10.2. The van der Waals surface area contributed by atoms with Crippen LogP contribution in [0.3, 0.4) is 0 Å². The third kappa shape index (κ3) is 6.60. The predicted molar refractivity (Wildman–Crippen MR) is 139 cm³/mol. The lowest BCUT2D eigenvalue weighted by molar-refractivity contribution is -0.118. The topological polar surface area (TPSA) is 79.8 Å². The Morgan fingerprint density at radius 2 is 1.83 bits per heavy atom. The van der Waals surface area contributed by atoms with Gasteiger partial charge in [0.1, 0.15) is 5.75 Å². The highest BCUT2D eigenvalue weighted by molar-refractivity contribution is 7.89. The van der Waals surface area contributed by atoms with Crippen LogP contribution < -0.4 is 9.64 Å². The van der Waals surface area contributed by atoms with Crippen molar-refractivity contribution in [1.82, 2.24) is 9.29 Å². The van der Waals surface area contributed by atoms with Gasteiger partial charge in [0.25, 0.3) is 0 Å². The van der Waals surface area contributed by atoms with Crippen LogP contribution in [-0.4, -0.2) is 50.4 Å². The first kappa shape index (κ1) is 26.7. The van der Waals surface area contributed by atoms with Crippen molar-refractivity contribution in [2.75, 3.05) is 31.6 Å². The molecule has 35 heavy (non-hydrogen) atoms. The molecule has 0 saturated carbocycles. The number of carbonyl (C=O) groups is 1. The molecular formula is C26H30ClN3O4S. The molecule has 2 heterocycles. The number of rotatable bonds is 10. The molecule has 0 N–H and O–H groups in total. The van der Waals surface area contributed by atoms with Crippen LogP contribution in [0.15, 0.2) is 78.0 Å². The van der Waals surface area contributed by atoms with Crippen molar-refractivity contribution in [3.63, 3.8) is 0 Å². The largest absolute Gasteiger partial charge is 0.494 e. The number of benzene rings is 2. The van der Waals surface area contributed by atoms with E-state index in [-0.39, 0.29) is 23.2 Å². The number of pyridine rings is 1. The standard InChI is InChI=1S/C26H29N3O4S.ClH/c1-28-25-12-11-23(19-22(25)10-13-26(28)30)33-18-6-16-29(17-14-21-7-5-15-27-20-21)34(31,32)24-8-3-2-4-9-24;/h2-5,7-9,11-12,15,19-20H,6,10,13-14,16-18H2,1H3;1H. The van der Waals surface area contributed by atoms with Crippen LogP contribution >= 0.6 is 12.4 Å². The maximum Gasteiger partial charge on any atom is 0.243 e. The van der Waals surface area contributed by atoms with Gasteiger partial charge in [-0.1, -0.05) is 24.3 Å². The van der Waals surface area contributed by atoms with Gasteiger partial charge in [0.05, 0.1) is 11.5 Å². The quantitative estimate of drug-likeness (QED) is 0.379. The van der Waals surface area contributed by atoms with Crippen molar-refractivity contribution >= 4 is 34.0 Å². The van der Waals surface area contributed by atoms with Crippen LogP contribution in [0.2, 0.25) is 0 Å². The highest BCUT2D eigenvalue weighted by Gasteiger charge is 2.24. The number of carbonyl (C=O) groups excluding carboxylic acids is 1. The van der Waals surface area contributed by atoms with E-state index in [1.807, 2.05) is 30.3 Å². The van der Waals surface area contributed by atoms with Gasteiger partial charge in [-0.2, -0.15) is 4.31 Å². The number of aromatic nitrogens is 1. The Labute approximate surface area is 213 Å². The molecule has 4 rings (SSSR count). The zero-order valence-electron chi connectivity index (χ0n) is 19.7. The fourth-order valence-corrected chi connectivity index (χ4v) is 5.55. The summed E-state index contributed by atoms with van der Waals surface area (Å²) in [6.45, 7) is 1.10. The Bertz CT molecular complexity index is 1220. The number of hydrogen-bond donors (Lipinski definition) is 0. The lowest BCUT2D eigenvalue weighted by Gasteiger charge is -2.26. The molecule has 0 radical (unpaired) electrons. The Morgan fingerprint density at radius 1 is 1.03 bits per heavy atom. The van der Waals surface area contributed by atoms with E-state index >= 15 is 0 Å². The summed E-state index contributed by atoms with van der Waals surface area (Å²) in [5.41, 5.74) is 2.99. The number of halogens is 1. The Morgan fingerprint density at radius 3 is 2.57 bits per heavy atom. The first-order chi connectivity index (χ1) is 16.4. The molecule has 0 spiro atoms. The molecule has 1 aromatic heterocycles. The number of aryl methyl sites for hydroxylation is 1. The second kappa shape index (κ2) is 12.2. The van der Waals surface area contributed by atoms with Crippen molar-refractivity contribution in [3.8, 4) is 5.75 Å². The number of hydrogen-bond acceptors (Lipinski definition) is 5. The van der Waals surface area contributed by atoms with Gasteiger partial charge >= 0.3 is 0 Å². The molecule has 0 unspecified atom stereocenters. The van der Waals surface area contributed by atoms with E-state index in [1.54, 1.807) is 54.7 Å². The number of amides is 1. The summed E-state index contributed by atoms with van der Waals surface area (Å²) in [6.07, 6.45) is 5.79. The lowest BCUT2D eigenvalue weighted by Crippen LogP contribution is -2.34. The third-order valence-electron chi connectivity index (χ3n) is 5.97. The van der Waals surface area contributed by atoms with Gasteiger partial charge in [0, 0.05) is 44.6 Å². The summed E-state index contributed by atoms with van der Waals surface area (Å²) >= 11 is 0. The second-order valence-electron chi connectivity index (χ2n) is 8.27. The minimum atomic E-state index is -3.62. The van der Waals surface area contributed by atoms with Gasteiger partial charge in [-0.3, -0.25) is 9.78 Å². The van der Waals surface area contributed by atoms with Crippen molar-refractivity contribution in [1.29, 1.82) is 0 Å². The van der Waals surface area contributed by atoms with Crippen LogP contribution in [-0.2, 0) is 27.7 Å². The fourth-order valence-electron chi connectivity index (χ4n) is 4.05. The normalized spacial score (nSPS) is 13.3. The van der Waals surface area contributed by atoms with E-state index in [9.17, 15) is 13.2 Å². The summed E-state index contributed by atoms with van der Waals surface area (Å²) in [5.74, 6) is 0.849. The summed E-state index contributed by atoms with van der Waals surface area (Å²) in [4.78, 5) is 18.0. The van der Waals surface area contributed by atoms with Gasteiger partial charge in [-0.25, -0.2) is 8.42 Å². The first-order valence-corrected chi connectivity index (χ1v) is 12.9. The average molecular weight is 516 g/mol. The van der Waals surface area contributed by atoms with Gasteiger partial charge in [0.15, 0.2) is 0 Å². The molecule has 0 atom stereocenters. The fraction of sp³-hybridized carbons (Fsp3) is 0.308. The molecule has 7 nitrogen and oxygen atoms in total. The molecule has 1 amide bonds. The van der Waals surface area contributed by atoms with Crippen molar-refractivity contribution < 1.29 is 17.9 Å². The van der Waals surface area contributed by atoms with Crippen molar-refractivity contribution in [2.45, 2.75) is 30.6 Å². The monoisotopic (exact) mass is 515 g/mol. The summed E-state index contributed by atoms with van der Waals surface area (Å²) in [7, 11) is -1.83. The van der Waals surface area contributed by atoms with Crippen molar-refractivity contribution in [2.24, 2.45) is 0 Å². The zero-order valence-corrected chi connectivity index (χ0v) is 21.3. The van der Waals surface area contributed by atoms with Crippen LogP contribution in [0, 0.1) is 0 Å². The predicted octanol–water partition coefficient (Wildman–Crippen LogP) is 4.11. The van der Waals surface area contributed by atoms with Crippen LogP contribution in [0.4, 0.5) is 5.69 Å². The number of nitrogens with zero attached hydrogens (tertiary/aromatic N) is 3. The SMILES string of the molecule is CN1C(=O)CCc2cc(OCCCN(CCc3cccnc3)S(=O)(=O)c3ccccc3)ccc21.Cl. The van der Waals surface area contributed by atoms with Crippen molar-refractivity contribution in [3.05, 3.63) is 84.2 Å². The maximum absolute atomic E-state index is 13.3. The van der Waals surface area contributed by atoms with Gasteiger partial charge in [-0.05, 0) is 66.8 Å². The zero-order chi connectivity index (χ0) is 24.0. The van der Waals surface area contributed by atoms with E-state index in [0.717, 1.165) is 22.6 Å². The van der Waals surface area contributed by atoms with E-state index in [0.29, 0.717) is 45.4 Å². The summed E-state index contributed by atoms with van der Waals surface area (Å²) in [5, 5.41) is 0. The number of anilines is 1. The van der Waals surface area contributed by atoms with Crippen LogP contribution in [0.25, 0.3) is 0 Å². The van der Waals surface area contributed by atoms with Gasteiger partial charge in [0.2, 0.25) is 15.9 Å². The first-order valence-electron chi connectivity index (χ1n) is 11.4. The molecule has 0 fully saturated rings. The Kier molecular flexibility index (Phi) is 9.26. The van der Waals surface area contributed by atoms with Gasteiger partial charge < -0.3 is 9.64 Å². The van der Waals surface area contributed by atoms with Gasteiger partial charge in [-0.15, -0.1) is 12.4 Å². The molecule has 1 aliphatic rings.